The van der Waals surface area contributed by atoms with E-state index in [4.69, 9.17) is 5.73 Å². The van der Waals surface area contributed by atoms with Crippen LogP contribution in [0.3, 0.4) is 0 Å². The summed E-state index contributed by atoms with van der Waals surface area (Å²) in [4.78, 5) is 46.5. The van der Waals surface area contributed by atoms with E-state index in [9.17, 15) is 19.2 Å². The third-order valence-electron chi connectivity index (χ3n) is 4.24. The number of nitrogens with two attached hydrogens (primary N) is 1. The summed E-state index contributed by atoms with van der Waals surface area (Å²) in [7, 11) is 0. The average molecular weight is 266 g/mol. The van der Waals surface area contributed by atoms with Crippen molar-refractivity contribution in [3.05, 3.63) is 0 Å². The second-order valence-electron chi connectivity index (χ2n) is 5.60. The van der Waals surface area contributed by atoms with E-state index in [1.165, 1.54) is 6.92 Å². The Morgan fingerprint density at radius 2 is 1.53 bits per heavy atom. The van der Waals surface area contributed by atoms with Crippen molar-refractivity contribution in [3.8, 4) is 0 Å². The number of rotatable bonds is 2. The highest BCUT2D eigenvalue weighted by Crippen LogP contribution is 2.36. The Labute approximate surface area is 111 Å². The molecule has 0 aromatic rings. The van der Waals surface area contributed by atoms with Gasteiger partial charge >= 0.3 is 0 Å². The molecule has 1 aliphatic heterocycles. The fourth-order valence-corrected chi connectivity index (χ4v) is 3.08. The molecule has 1 aliphatic carbocycles. The molecule has 2 aliphatic rings. The molecule has 3 amide bonds. The van der Waals surface area contributed by atoms with Crippen LogP contribution in [-0.4, -0.2) is 23.5 Å². The van der Waals surface area contributed by atoms with E-state index >= 15 is 0 Å². The molecule has 104 valence electrons. The van der Waals surface area contributed by atoms with E-state index in [-0.39, 0.29) is 35.4 Å². The Balaban J connectivity index is 2.24. The first kappa shape index (κ1) is 13.7. The maximum absolute atomic E-state index is 11.7. The second kappa shape index (κ2) is 5.11. The number of primary amides is 1. The minimum absolute atomic E-state index is 0.0330. The molecule has 1 saturated carbocycles. The lowest BCUT2D eigenvalue weighted by Crippen LogP contribution is -2.49. The van der Waals surface area contributed by atoms with E-state index in [1.807, 2.05) is 0 Å². The molecule has 3 N–H and O–H groups in total. The fourth-order valence-electron chi connectivity index (χ4n) is 3.08. The maximum Gasteiger partial charge on any atom is 0.229 e. The largest absolute Gasteiger partial charge is 0.369 e. The van der Waals surface area contributed by atoms with Gasteiger partial charge in [-0.15, -0.1) is 0 Å². The van der Waals surface area contributed by atoms with Gasteiger partial charge in [-0.1, -0.05) is 0 Å². The number of piperidine rings is 1. The number of fused-ring (bicyclic) bond motifs is 2. The highest BCUT2D eigenvalue weighted by Gasteiger charge is 2.41. The van der Waals surface area contributed by atoms with Gasteiger partial charge in [0, 0.05) is 23.7 Å². The highest BCUT2D eigenvalue weighted by atomic mass is 16.2. The number of carbonyl (C=O) groups is 4. The monoisotopic (exact) mass is 266 g/mol. The van der Waals surface area contributed by atoms with Gasteiger partial charge in [-0.3, -0.25) is 24.5 Å². The van der Waals surface area contributed by atoms with E-state index in [2.05, 4.69) is 5.32 Å². The van der Waals surface area contributed by atoms with Crippen LogP contribution in [-0.2, 0) is 19.2 Å². The normalized spacial score (nSPS) is 35.0. The zero-order valence-corrected chi connectivity index (χ0v) is 10.8. The van der Waals surface area contributed by atoms with Crippen molar-refractivity contribution in [1.82, 2.24) is 5.32 Å². The van der Waals surface area contributed by atoms with Crippen molar-refractivity contribution < 1.29 is 19.2 Å². The summed E-state index contributed by atoms with van der Waals surface area (Å²) in [6, 6.07) is 0. The molecule has 4 unspecified atom stereocenters. The van der Waals surface area contributed by atoms with E-state index in [1.54, 1.807) is 0 Å². The van der Waals surface area contributed by atoms with Gasteiger partial charge in [-0.2, -0.15) is 0 Å². The Morgan fingerprint density at radius 3 is 2.00 bits per heavy atom. The third kappa shape index (κ3) is 2.83. The van der Waals surface area contributed by atoms with Crippen LogP contribution in [0.4, 0.5) is 0 Å². The van der Waals surface area contributed by atoms with Gasteiger partial charge in [0.25, 0.3) is 0 Å². The molecule has 1 heterocycles. The lowest BCUT2D eigenvalue weighted by atomic mass is 9.72. The summed E-state index contributed by atoms with van der Waals surface area (Å²) >= 11 is 0. The summed E-state index contributed by atoms with van der Waals surface area (Å²) in [5.41, 5.74) is 5.34. The van der Waals surface area contributed by atoms with E-state index in [0.717, 1.165) is 0 Å². The summed E-state index contributed by atoms with van der Waals surface area (Å²) < 4.78 is 0. The molecular formula is C13H18N2O4. The molecular weight excluding hydrogens is 248 g/mol. The van der Waals surface area contributed by atoms with Crippen LogP contribution in [0.5, 0.6) is 0 Å². The summed E-state index contributed by atoms with van der Waals surface area (Å²) in [6.07, 6.45) is 1.49. The Bertz CT molecular complexity index is 404. The smallest absolute Gasteiger partial charge is 0.229 e. The van der Waals surface area contributed by atoms with Crippen LogP contribution in [0.1, 0.15) is 32.6 Å². The van der Waals surface area contributed by atoms with Gasteiger partial charge < -0.3 is 5.73 Å². The first-order chi connectivity index (χ1) is 8.88. The number of hydrogen-bond donors (Lipinski definition) is 2. The van der Waals surface area contributed by atoms with Gasteiger partial charge in [0.05, 0.1) is 0 Å². The van der Waals surface area contributed by atoms with E-state index < -0.39 is 11.8 Å². The number of ketones is 1. The van der Waals surface area contributed by atoms with Crippen LogP contribution < -0.4 is 11.1 Å². The average Bonchev–Trinajstić information content (AvgIpc) is 2.26. The molecule has 2 rings (SSSR count). The lowest BCUT2D eigenvalue weighted by Gasteiger charge is -2.34. The summed E-state index contributed by atoms with van der Waals surface area (Å²) in [6.45, 7) is 1.47. The first-order valence-corrected chi connectivity index (χ1v) is 6.53. The molecule has 6 nitrogen and oxygen atoms in total. The molecule has 1 saturated heterocycles. The molecule has 0 radical (unpaired) electrons. The Kier molecular flexibility index (Phi) is 3.68. The number of carbonyl (C=O) groups excluding carboxylic acids is 4. The number of amides is 3. The molecule has 2 bridgehead atoms. The number of imide groups is 1. The van der Waals surface area contributed by atoms with Gasteiger partial charge in [0.15, 0.2) is 0 Å². The molecule has 6 heteroatoms. The quantitative estimate of drug-likeness (QED) is 0.672. The predicted octanol–water partition coefficient (Wildman–Crippen LogP) is -0.244. The van der Waals surface area contributed by atoms with Crippen LogP contribution in [0, 0.1) is 23.7 Å². The standard InChI is InChI=1S/C13H18N2O4/c1-6(16)7-2-8(11(14)17)4-10-5-9(3-7)12(18)15-13(10)19/h7-10H,2-5H2,1H3,(H2,14,17)(H,15,18,19). The summed E-state index contributed by atoms with van der Waals surface area (Å²) in [5, 5.41) is 2.33. The maximum atomic E-state index is 11.7. The van der Waals surface area contributed by atoms with Crippen molar-refractivity contribution in [2.45, 2.75) is 32.6 Å². The number of Topliss-reactive ketones (excluding diaryl/α,β-unsaturated/α-hetero) is 1. The molecule has 4 atom stereocenters. The topological polar surface area (TPSA) is 106 Å². The zero-order valence-electron chi connectivity index (χ0n) is 10.8. The molecule has 0 aromatic carbocycles. The SMILES string of the molecule is CC(=O)C1CC(C(N)=O)CC2CC(C1)C(=O)NC2=O. The lowest BCUT2D eigenvalue weighted by molar-refractivity contribution is -0.142. The summed E-state index contributed by atoms with van der Waals surface area (Å²) in [5.74, 6) is -2.61. The fraction of sp³-hybridized carbons (Fsp3) is 0.692. The third-order valence-corrected chi connectivity index (χ3v) is 4.24. The second-order valence-corrected chi connectivity index (χ2v) is 5.60. The Hall–Kier alpha value is -1.72. The van der Waals surface area contributed by atoms with Crippen LogP contribution in [0.25, 0.3) is 0 Å². The predicted molar refractivity (Wildman–Crippen MR) is 65.5 cm³/mol. The molecule has 0 spiro atoms. The van der Waals surface area contributed by atoms with Gasteiger partial charge in [-0.05, 0) is 32.6 Å². The minimum Gasteiger partial charge on any atom is -0.369 e. The molecule has 19 heavy (non-hydrogen) atoms. The van der Waals surface area contributed by atoms with E-state index in [0.29, 0.717) is 25.7 Å². The number of hydrogen-bond acceptors (Lipinski definition) is 4. The minimum atomic E-state index is -0.477. The van der Waals surface area contributed by atoms with Gasteiger partial charge in [0.1, 0.15) is 5.78 Å². The van der Waals surface area contributed by atoms with Crippen molar-refractivity contribution in [3.63, 3.8) is 0 Å². The van der Waals surface area contributed by atoms with Crippen molar-refractivity contribution >= 4 is 23.5 Å². The molecule has 2 fully saturated rings. The first-order valence-electron chi connectivity index (χ1n) is 6.53. The highest BCUT2D eigenvalue weighted by molar-refractivity contribution is 6.00. The Morgan fingerprint density at radius 1 is 1.00 bits per heavy atom. The number of nitrogens with one attached hydrogen (secondary N) is 1. The van der Waals surface area contributed by atoms with Gasteiger partial charge in [-0.25, -0.2) is 0 Å². The van der Waals surface area contributed by atoms with Crippen molar-refractivity contribution in [2.75, 3.05) is 0 Å². The van der Waals surface area contributed by atoms with Crippen molar-refractivity contribution in [1.29, 1.82) is 0 Å². The zero-order chi connectivity index (χ0) is 14.2. The van der Waals surface area contributed by atoms with Gasteiger partial charge in [0.2, 0.25) is 17.7 Å². The van der Waals surface area contributed by atoms with Crippen molar-refractivity contribution in [2.24, 2.45) is 29.4 Å². The van der Waals surface area contributed by atoms with Crippen LogP contribution in [0.15, 0.2) is 0 Å². The van der Waals surface area contributed by atoms with Crippen LogP contribution >= 0.6 is 0 Å². The molecule has 0 aromatic heterocycles. The van der Waals surface area contributed by atoms with Crippen LogP contribution in [0.2, 0.25) is 0 Å².